The standard InChI is InChI=1S/C14H25NO4/c1-6-7-14(11(16)18-5)8-9-15(10-14)12(17)19-13(2,3)4/h6-10H2,1-5H3. The van der Waals surface area contributed by atoms with Crippen molar-refractivity contribution in [2.45, 2.75) is 52.6 Å². The van der Waals surface area contributed by atoms with Crippen LogP contribution in [0, 0.1) is 5.41 Å². The highest BCUT2D eigenvalue weighted by atomic mass is 16.6. The van der Waals surface area contributed by atoms with Gasteiger partial charge in [-0.1, -0.05) is 13.3 Å². The number of methoxy groups -OCH3 is 1. The lowest BCUT2D eigenvalue weighted by atomic mass is 9.82. The van der Waals surface area contributed by atoms with Gasteiger partial charge in [0, 0.05) is 13.1 Å². The molecule has 0 aromatic heterocycles. The monoisotopic (exact) mass is 271 g/mol. The van der Waals surface area contributed by atoms with Crippen molar-refractivity contribution in [1.82, 2.24) is 4.90 Å². The molecule has 0 aliphatic carbocycles. The fraction of sp³-hybridized carbons (Fsp3) is 0.857. The Hall–Kier alpha value is -1.26. The number of likely N-dealkylation sites (tertiary alicyclic amines) is 1. The molecule has 1 atom stereocenters. The van der Waals surface area contributed by atoms with Gasteiger partial charge in [0.25, 0.3) is 0 Å². The molecule has 0 N–H and O–H groups in total. The lowest BCUT2D eigenvalue weighted by molar-refractivity contribution is -0.152. The Bertz CT molecular complexity index is 348. The lowest BCUT2D eigenvalue weighted by Gasteiger charge is -2.27. The van der Waals surface area contributed by atoms with Crippen LogP contribution < -0.4 is 0 Å². The summed E-state index contributed by atoms with van der Waals surface area (Å²) in [5, 5.41) is 0. The number of ether oxygens (including phenoxy) is 2. The summed E-state index contributed by atoms with van der Waals surface area (Å²) in [6.07, 6.45) is 1.91. The van der Waals surface area contributed by atoms with Gasteiger partial charge in [-0.15, -0.1) is 0 Å². The first-order chi connectivity index (χ1) is 8.74. The van der Waals surface area contributed by atoms with Crippen LogP contribution in [0.3, 0.4) is 0 Å². The SMILES string of the molecule is CCCC1(C(=O)OC)CCN(C(=O)OC(C)(C)C)C1. The quantitative estimate of drug-likeness (QED) is 0.740. The van der Waals surface area contributed by atoms with Crippen LogP contribution in [0.15, 0.2) is 0 Å². The molecule has 5 nitrogen and oxygen atoms in total. The van der Waals surface area contributed by atoms with Crippen LogP contribution in [0.2, 0.25) is 0 Å². The van der Waals surface area contributed by atoms with Crippen molar-refractivity contribution in [2.24, 2.45) is 5.41 Å². The highest BCUT2D eigenvalue weighted by Gasteiger charge is 2.47. The fourth-order valence-electron chi connectivity index (χ4n) is 2.52. The summed E-state index contributed by atoms with van der Waals surface area (Å²) in [5.74, 6) is -0.222. The van der Waals surface area contributed by atoms with E-state index in [4.69, 9.17) is 9.47 Å². The summed E-state index contributed by atoms with van der Waals surface area (Å²) < 4.78 is 10.2. The Labute approximate surface area is 115 Å². The van der Waals surface area contributed by atoms with E-state index in [9.17, 15) is 9.59 Å². The second kappa shape index (κ2) is 5.80. The molecule has 1 aliphatic rings. The molecular weight excluding hydrogens is 246 g/mol. The molecule has 0 spiro atoms. The van der Waals surface area contributed by atoms with Crippen molar-refractivity contribution in [2.75, 3.05) is 20.2 Å². The molecule has 0 radical (unpaired) electrons. The summed E-state index contributed by atoms with van der Waals surface area (Å²) in [5.41, 5.74) is -1.07. The van der Waals surface area contributed by atoms with Crippen LogP contribution in [0.25, 0.3) is 0 Å². The first-order valence-corrected chi connectivity index (χ1v) is 6.80. The van der Waals surface area contributed by atoms with E-state index in [1.165, 1.54) is 7.11 Å². The highest BCUT2D eigenvalue weighted by molar-refractivity contribution is 5.79. The summed E-state index contributed by atoms with van der Waals surface area (Å²) in [6, 6.07) is 0. The zero-order valence-corrected chi connectivity index (χ0v) is 12.6. The minimum atomic E-state index is -0.555. The fourth-order valence-corrected chi connectivity index (χ4v) is 2.52. The molecule has 1 heterocycles. The number of carbonyl (C=O) groups is 2. The maximum atomic E-state index is 12.0. The zero-order valence-electron chi connectivity index (χ0n) is 12.6. The van der Waals surface area contributed by atoms with Gasteiger partial charge in [-0.2, -0.15) is 0 Å². The third-order valence-corrected chi connectivity index (χ3v) is 3.35. The van der Waals surface area contributed by atoms with E-state index in [0.29, 0.717) is 19.5 Å². The molecule has 1 amide bonds. The third-order valence-electron chi connectivity index (χ3n) is 3.35. The Morgan fingerprint density at radius 1 is 1.32 bits per heavy atom. The number of hydrogen-bond acceptors (Lipinski definition) is 4. The molecule has 19 heavy (non-hydrogen) atoms. The van der Waals surface area contributed by atoms with E-state index in [0.717, 1.165) is 12.8 Å². The van der Waals surface area contributed by atoms with Gasteiger partial charge in [0.1, 0.15) is 5.60 Å². The van der Waals surface area contributed by atoms with E-state index >= 15 is 0 Å². The molecule has 0 aromatic rings. The number of nitrogens with zero attached hydrogens (tertiary/aromatic N) is 1. The Morgan fingerprint density at radius 3 is 2.42 bits per heavy atom. The topological polar surface area (TPSA) is 55.8 Å². The van der Waals surface area contributed by atoms with Gasteiger partial charge in [0.2, 0.25) is 0 Å². The Balaban J connectivity index is 2.74. The van der Waals surface area contributed by atoms with Gasteiger partial charge in [0.15, 0.2) is 0 Å². The third kappa shape index (κ3) is 3.85. The molecule has 110 valence electrons. The van der Waals surface area contributed by atoms with Crippen LogP contribution in [0.4, 0.5) is 4.79 Å². The van der Waals surface area contributed by atoms with Crippen molar-refractivity contribution < 1.29 is 19.1 Å². The predicted octanol–water partition coefficient (Wildman–Crippen LogP) is 2.59. The van der Waals surface area contributed by atoms with Crippen LogP contribution in [0.1, 0.15) is 47.0 Å². The predicted molar refractivity (Wildman–Crippen MR) is 71.8 cm³/mol. The van der Waals surface area contributed by atoms with Crippen molar-refractivity contribution in [1.29, 1.82) is 0 Å². The minimum Gasteiger partial charge on any atom is -0.469 e. The summed E-state index contributed by atoms with van der Waals surface area (Å²) in [6.45, 7) is 8.47. The lowest BCUT2D eigenvalue weighted by Crippen LogP contribution is -2.40. The number of amides is 1. The zero-order chi connectivity index (χ0) is 14.7. The van der Waals surface area contributed by atoms with Gasteiger partial charge in [-0.05, 0) is 33.6 Å². The molecule has 1 rings (SSSR count). The molecule has 1 saturated heterocycles. The summed E-state index contributed by atoms with van der Waals surface area (Å²) in [7, 11) is 1.40. The van der Waals surface area contributed by atoms with Crippen LogP contribution in [-0.2, 0) is 14.3 Å². The van der Waals surface area contributed by atoms with Gasteiger partial charge < -0.3 is 14.4 Å². The summed E-state index contributed by atoms with van der Waals surface area (Å²) in [4.78, 5) is 25.6. The van der Waals surface area contributed by atoms with E-state index in [1.54, 1.807) is 4.90 Å². The first-order valence-electron chi connectivity index (χ1n) is 6.80. The smallest absolute Gasteiger partial charge is 0.410 e. The number of hydrogen-bond donors (Lipinski definition) is 0. The number of carbonyl (C=O) groups excluding carboxylic acids is 2. The van der Waals surface area contributed by atoms with Crippen molar-refractivity contribution >= 4 is 12.1 Å². The van der Waals surface area contributed by atoms with Crippen LogP contribution >= 0.6 is 0 Å². The average Bonchev–Trinajstić information content (AvgIpc) is 2.72. The maximum absolute atomic E-state index is 12.0. The van der Waals surface area contributed by atoms with E-state index < -0.39 is 11.0 Å². The van der Waals surface area contributed by atoms with Crippen molar-refractivity contribution in [3.8, 4) is 0 Å². The molecule has 1 fully saturated rings. The van der Waals surface area contributed by atoms with Gasteiger partial charge >= 0.3 is 12.1 Å². The van der Waals surface area contributed by atoms with Crippen LogP contribution in [-0.4, -0.2) is 42.8 Å². The largest absolute Gasteiger partial charge is 0.469 e. The van der Waals surface area contributed by atoms with E-state index in [2.05, 4.69) is 0 Å². The molecule has 0 saturated carbocycles. The number of esters is 1. The maximum Gasteiger partial charge on any atom is 0.410 e. The normalized spacial score (nSPS) is 23.3. The van der Waals surface area contributed by atoms with Crippen LogP contribution in [0.5, 0.6) is 0 Å². The van der Waals surface area contributed by atoms with Crippen molar-refractivity contribution in [3.63, 3.8) is 0 Å². The molecule has 5 heteroatoms. The minimum absolute atomic E-state index is 0.222. The van der Waals surface area contributed by atoms with Crippen molar-refractivity contribution in [3.05, 3.63) is 0 Å². The summed E-state index contributed by atoms with van der Waals surface area (Å²) >= 11 is 0. The van der Waals surface area contributed by atoms with Gasteiger partial charge in [0.05, 0.1) is 12.5 Å². The molecule has 1 aliphatic heterocycles. The van der Waals surface area contributed by atoms with E-state index in [1.807, 2.05) is 27.7 Å². The van der Waals surface area contributed by atoms with E-state index in [-0.39, 0.29) is 12.1 Å². The molecule has 0 bridgehead atoms. The van der Waals surface area contributed by atoms with Gasteiger partial charge in [-0.3, -0.25) is 4.79 Å². The highest BCUT2D eigenvalue weighted by Crippen LogP contribution is 2.37. The van der Waals surface area contributed by atoms with Gasteiger partial charge in [-0.25, -0.2) is 4.79 Å². The first kappa shape index (κ1) is 15.8. The Kier molecular flexibility index (Phi) is 4.82. The molecule has 1 unspecified atom stereocenters. The number of rotatable bonds is 3. The molecule has 0 aromatic carbocycles. The Morgan fingerprint density at radius 2 is 1.95 bits per heavy atom. The average molecular weight is 271 g/mol. The molecular formula is C14H25NO4. The second-order valence-corrected chi connectivity index (χ2v) is 6.17. The second-order valence-electron chi connectivity index (χ2n) is 6.17.